The zero-order valence-corrected chi connectivity index (χ0v) is 12.8. The lowest BCUT2D eigenvalue weighted by atomic mass is 10.2. The molecule has 19 heavy (non-hydrogen) atoms. The van der Waals surface area contributed by atoms with Gasteiger partial charge in [-0.3, -0.25) is 0 Å². The van der Waals surface area contributed by atoms with Crippen molar-refractivity contribution in [3.63, 3.8) is 0 Å². The van der Waals surface area contributed by atoms with Crippen LogP contribution in [-0.4, -0.2) is 16.1 Å². The van der Waals surface area contributed by atoms with Gasteiger partial charge in [-0.1, -0.05) is 20.8 Å². The third kappa shape index (κ3) is 4.18. The third-order valence-electron chi connectivity index (χ3n) is 3.02. The number of nitrogens with one attached hydrogen (secondary N) is 1. The molecule has 1 N–H and O–H groups in total. The molecule has 0 aliphatic rings. The van der Waals surface area contributed by atoms with E-state index in [4.69, 9.17) is 0 Å². The molecule has 104 valence electrons. The van der Waals surface area contributed by atoms with E-state index in [-0.39, 0.29) is 0 Å². The Labute approximate surface area is 119 Å². The Balaban J connectivity index is 1.95. The predicted octanol–water partition coefficient (Wildman–Crippen LogP) is 3.30. The minimum atomic E-state index is 0.689. The number of rotatable bonds is 7. The smallest absolute Gasteiger partial charge is 0.0926 e. The first-order valence-electron chi connectivity index (χ1n) is 6.97. The van der Waals surface area contributed by atoms with Crippen LogP contribution < -0.4 is 5.32 Å². The zero-order chi connectivity index (χ0) is 13.7. The molecule has 0 aromatic carbocycles. The summed E-state index contributed by atoms with van der Waals surface area (Å²) in [6.07, 6.45) is 3.16. The number of hydrogen-bond donors (Lipinski definition) is 1. The second-order valence-electron chi connectivity index (χ2n) is 5.24. The van der Waals surface area contributed by atoms with Crippen LogP contribution in [-0.2, 0) is 19.5 Å². The number of nitrogens with zero attached hydrogens (tertiary/aromatic N) is 2. The van der Waals surface area contributed by atoms with Crippen molar-refractivity contribution in [3.05, 3.63) is 40.1 Å². The van der Waals surface area contributed by atoms with Crippen LogP contribution in [0.4, 0.5) is 0 Å². The molecule has 2 aromatic rings. The first kappa shape index (κ1) is 14.3. The molecule has 0 bridgehead atoms. The first-order valence-corrected chi connectivity index (χ1v) is 7.85. The molecule has 3 nitrogen and oxygen atoms in total. The fourth-order valence-corrected chi connectivity index (χ4v) is 2.75. The number of hydrogen-bond acceptors (Lipinski definition) is 3. The monoisotopic (exact) mass is 277 g/mol. The summed E-state index contributed by atoms with van der Waals surface area (Å²) in [7, 11) is 0. The lowest BCUT2D eigenvalue weighted by Crippen LogP contribution is -2.21. The standard InChI is InChI=1S/C15H23N3S/c1-4-15-17-13(11-19-15)10-18-7-5-6-14(18)9-16-8-12(2)3/h5-7,11-12,16H,4,8-10H2,1-3H3. The van der Waals surface area contributed by atoms with E-state index in [0.717, 1.165) is 26.1 Å². The minimum absolute atomic E-state index is 0.689. The van der Waals surface area contributed by atoms with Crippen molar-refractivity contribution in [2.75, 3.05) is 6.54 Å². The van der Waals surface area contributed by atoms with Crippen molar-refractivity contribution in [1.82, 2.24) is 14.9 Å². The molecule has 0 amide bonds. The van der Waals surface area contributed by atoms with Crippen LogP contribution in [0.5, 0.6) is 0 Å². The van der Waals surface area contributed by atoms with Crippen LogP contribution >= 0.6 is 11.3 Å². The largest absolute Gasteiger partial charge is 0.344 e. The van der Waals surface area contributed by atoms with Crippen molar-refractivity contribution < 1.29 is 0 Å². The highest BCUT2D eigenvalue weighted by Gasteiger charge is 2.05. The van der Waals surface area contributed by atoms with Crippen molar-refractivity contribution in [3.8, 4) is 0 Å². The Morgan fingerprint density at radius 2 is 2.26 bits per heavy atom. The lowest BCUT2D eigenvalue weighted by Gasteiger charge is -2.10. The number of aromatic nitrogens is 2. The highest BCUT2D eigenvalue weighted by atomic mass is 32.1. The van der Waals surface area contributed by atoms with E-state index in [0.29, 0.717) is 5.92 Å². The fraction of sp³-hybridized carbons (Fsp3) is 0.533. The number of aryl methyl sites for hydroxylation is 1. The highest BCUT2D eigenvalue weighted by molar-refractivity contribution is 7.09. The van der Waals surface area contributed by atoms with E-state index in [1.54, 1.807) is 11.3 Å². The van der Waals surface area contributed by atoms with E-state index in [1.807, 2.05) is 0 Å². The summed E-state index contributed by atoms with van der Waals surface area (Å²) in [6, 6.07) is 4.29. The van der Waals surface area contributed by atoms with E-state index < -0.39 is 0 Å². The zero-order valence-electron chi connectivity index (χ0n) is 12.0. The topological polar surface area (TPSA) is 29.9 Å². The van der Waals surface area contributed by atoms with E-state index in [1.165, 1.54) is 16.4 Å². The van der Waals surface area contributed by atoms with Gasteiger partial charge in [-0.2, -0.15) is 0 Å². The average Bonchev–Trinajstić information content (AvgIpc) is 2.99. The van der Waals surface area contributed by atoms with Crippen molar-refractivity contribution in [1.29, 1.82) is 0 Å². The maximum atomic E-state index is 4.63. The van der Waals surface area contributed by atoms with Gasteiger partial charge >= 0.3 is 0 Å². The van der Waals surface area contributed by atoms with E-state index >= 15 is 0 Å². The molecule has 0 fully saturated rings. The molecule has 2 rings (SSSR count). The Morgan fingerprint density at radius 3 is 2.95 bits per heavy atom. The second kappa shape index (κ2) is 6.87. The molecule has 0 unspecified atom stereocenters. The van der Waals surface area contributed by atoms with Crippen LogP contribution in [0.1, 0.15) is 37.2 Å². The van der Waals surface area contributed by atoms with E-state index in [2.05, 4.69) is 59.3 Å². The van der Waals surface area contributed by atoms with Crippen LogP contribution in [0.3, 0.4) is 0 Å². The van der Waals surface area contributed by atoms with Gasteiger partial charge in [0.1, 0.15) is 0 Å². The lowest BCUT2D eigenvalue weighted by molar-refractivity contribution is 0.538. The average molecular weight is 277 g/mol. The van der Waals surface area contributed by atoms with Gasteiger partial charge in [0.25, 0.3) is 0 Å². The summed E-state index contributed by atoms with van der Waals surface area (Å²) in [5.41, 5.74) is 2.50. The quantitative estimate of drug-likeness (QED) is 0.841. The molecule has 2 heterocycles. The van der Waals surface area contributed by atoms with Crippen molar-refractivity contribution >= 4 is 11.3 Å². The molecule has 0 spiro atoms. The molecule has 0 atom stereocenters. The summed E-state index contributed by atoms with van der Waals surface area (Å²) in [6.45, 7) is 9.47. The van der Waals surface area contributed by atoms with Crippen LogP contribution in [0.15, 0.2) is 23.7 Å². The highest BCUT2D eigenvalue weighted by Crippen LogP contribution is 2.13. The summed E-state index contributed by atoms with van der Waals surface area (Å²) in [4.78, 5) is 4.63. The van der Waals surface area contributed by atoms with Crippen LogP contribution in [0, 0.1) is 5.92 Å². The molecule has 0 aliphatic heterocycles. The van der Waals surface area contributed by atoms with Crippen molar-refractivity contribution in [2.24, 2.45) is 5.92 Å². The van der Waals surface area contributed by atoms with Gasteiger partial charge in [0, 0.05) is 23.8 Å². The first-order chi connectivity index (χ1) is 9.19. The van der Waals surface area contributed by atoms with Gasteiger partial charge in [-0.15, -0.1) is 11.3 Å². The van der Waals surface area contributed by atoms with Gasteiger partial charge in [0.15, 0.2) is 0 Å². The Hall–Kier alpha value is -1.13. The maximum Gasteiger partial charge on any atom is 0.0926 e. The molecule has 4 heteroatoms. The van der Waals surface area contributed by atoms with Crippen LogP contribution in [0.25, 0.3) is 0 Å². The fourth-order valence-electron chi connectivity index (χ4n) is 2.01. The molecular weight excluding hydrogens is 254 g/mol. The molecule has 0 radical (unpaired) electrons. The molecular formula is C15H23N3S. The van der Waals surface area contributed by atoms with Gasteiger partial charge in [0.2, 0.25) is 0 Å². The summed E-state index contributed by atoms with van der Waals surface area (Å²) >= 11 is 1.76. The van der Waals surface area contributed by atoms with E-state index in [9.17, 15) is 0 Å². The van der Waals surface area contributed by atoms with Gasteiger partial charge < -0.3 is 9.88 Å². The van der Waals surface area contributed by atoms with Gasteiger partial charge in [0.05, 0.1) is 17.2 Å². The van der Waals surface area contributed by atoms with Gasteiger partial charge in [-0.05, 0) is 31.0 Å². The SMILES string of the molecule is CCc1nc(Cn2cccc2CNCC(C)C)cs1. The van der Waals surface area contributed by atoms with Crippen LogP contribution in [0.2, 0.25) is 0 Å². The molecule has 0 saturated heterocycles. The minimum Gasteiger partial charge on any atom is -0.344 e. The number of thiazole rings is 1. The Kier molecular flexibility index (Phi) is 5.16. The normalized spacial score (nSPS) is 11.4. The second-order valence-corrected chi connectivity index (χ2v) is 6.18. The third-order valence-corrected chi connectivity index (χ3v) is 4.06. The predicted molar refractivity (Wildman–Crippen MR) is 81.6 cm³/mol. The summed E-state index contributed by atoms with van der Waals surface area (Å²) in [5.74, 6) is 0.689. The van der Waals surface area contributed by atoms with Crippen molar-refractivity contribution in [2.45, 2.75) is 40.3 Å². The Morgan fingerprint density at radius 1 is 1.42 bits per heavy atom. The van der Waals surface area contributed by atoms with Gasteiger partial charge in [-0.25, -0.2) is 4.98 Å². The summed E-state index contributed by atoms with van der Waals surface area (Å²) < 4.78 is 2.28. The molecule has 0 saturated carbocycles. The maximum absolute atomic E-state index is 4.63. The molecule has 0 aliphatic carbocycles. The Bertz CT molecular complexity index is 499. The molecule has 2 aromatic heterocycles. The summed E-state index contributed by atoms with van der Waals surface area (Å²) in [5, 5.41) is 6.89.